The first-order valence-electron chi connectivity index (χ1n) is 7.15. The Bertz CT molecular complexity index is 887. The van der Waals surface area contributed by atoms with Gasteiger partial charge in [0.15, 0.2) is 6.61 Å². The minimum atomic E-state index is -1.06. The van der Waals surface area contributed by atoms with Gasteiger partial charge in [-0.3, -0.25) is 4.79 Å². The van der Waals surface area contributed by atoms with Gasteiger partial charge in [0.25, 0.3) is 0 Å². The van der Waals surface area contributed by atoms with Gasteiger partial charge in [0, 0.05) is 12.6 Å². The highest BCUT2D eigenvalue weighted by atomic mass is 32.1. The van der Waals surface area contributed by atoms with E-state index in [0.29, 0.717) is 22.0 Å². The summed E-state index contributed by atoms with van der Waals surface area (Å²) in [6.45, 7) is 0.976. The van der Waals surface area contributed by atoms with Gasteiger partial charge in [-0.25, -0.2) is 9.78 Å². The molecule has 2 N–H and O–H groups in total. The molecule has 0 spiro atoms. The van der Waals surface area contributed by atoms with Crippen LogP contribution in [0.15, 0.2) is 42.5 Å². The lowest BCUT2D eigenvalue weighted by atomic mass is 10.2. The van der Waals surface area contributed by atoms with Gasteiger partial charge in [-0.15, -0.1) is 11.3 Å². The van der Waals surface area contributed by atoms with Gasteiger partial charge in [0.1, 0.15) is 10.8 Å². The average molecular weight is 342 g/mol. The van der Waals surface area contributed by atoms with E-state index in [1.807, 2.05) is 24.3 Å². The molecule has 0 atom stereocenters. The lowest BCUT2D eigenvalue weighted by molar-refractivity contribution is -0.139. The molecule has 0 radical (unpaired) electrons. The number of nitrogens with zero attached hydrogens (tertiary/aromatic N) is 1. The molecule has 0 aliphatic heterocycles. The van der Waals surface area contributed by atoms with Crippen LogP contribution < -0.4 is 10.1 Å². The molecule has 6 nitrogen and oxygen atoms in total. The number of nitrogens with one attached hydrogen (secondary N) is 1. The fourth-order valence-electron chi connectivity index (χ4n) is 2.23. The van der Waals surface area contributed by atoms with E-state index < -0.39 is 12.6 Å². The number of hydrogen-bond acceptors (Lipinski definition) is 5. The zero-order valence-corrected chi connectivity index (χ0v) is 13.6. The third-order valence-corrected chi connectivity index (χ3v) is 4.25. The van der Waals surface area contributed by atoms with E-state index in [0.717, 1.165) is 10.2 Å². The van der Waals surface area contributed by atoms with Crippen LogP contribution in [0, 0.1) is 0 Å². The summed E-state index contributed by atoms with van der Waals surface area (Å²) in [5, 5.41) is 12.2. The largest absolute Gasteiger partial charge is 0.481 e. The van der Waals surface area contributed by atoms with Crippen LogP contribution >= 0.6 is 11.3 Å². The number of benzene rings is 2. The molecule has 0 saturated carbocycles. The van der Waals surface area contributed by atoms with Crippen molar-refractivity contribution in [3.8, 4) is 16.3 Å². The Labute approximate surface area is 141 Å². The molecule has 1 amide bonds. The number of fused-ring (bicyclic) bond motifs is 1. The molecule has 0 aliphatic carbocycles. The fourth-order valence-corrected chi connectivity index (χ4v) is 3.22. The lowest BCUT2D eigenvalue weighted by Gasteiger charge is -2.10. The summed E-state index contributed by atoms with van der Waals surface area (Å²) < 4.78 is 6.38. The van der Waals surface area contributed by atoms with Crippen molar-refractivity contribution in [1.29, 1.82) is 0 Å². The maximum Gasteiger partial charge on any atom is 0.341 e. The molecule has 7 heteroatoms. The SMILES string of the molecule is CC(=O)Nc1ccc(OCC(=O)O)c(-c2nc3ccccc3s2)c1. The summed E-state index contributed by atoms with van der Waals surface area (Å²) in [5.41, 5.74) is 2.09. The fraction of sp³-hybridized carbons (Fsp3) is 0.118. The first kappa shape index (κ1) is 15.9. The van der Waals surface area contributed by atoms with Gasteiger partial charge in [-0.2, -0.15) is 0 Å². The molecule has 0 aliphatic rings. The van der Waals surface area contributed by atoms with E-state index in [2.05, 4.69) is 10.3 Å². The van der Waals surface area contributed by atoms with Gasteiger partial charge >= 0.3 is 5.97 Å². The van der Waals surface area contributed by atoms with Crippen molar-refractivity contribution in [2.45, 2.75) is 6.92 Å². The van der Waals surface area contributed by atoms with Gasteiger partial charge in [-0.1, -0.05) is 12.1 Å². The topological polar surface area (TPSA) is 88.5 Å². The van der Waals surface area contributed by atoms with Gasteiger partial charge in [0.05, 0.1) is 15.8 Å². The van der Waals surface area contributed by atoms with E-state index in [1.54, 1.807) is 18.2 Å². The predicted octanol–water partition coefficient (Wildman–Crippen LogP) is 3.39. The minimum Gasteiger partial charge on any atom is -0.481 e. The third kappa shape index (κ3) is 3.52. The molecule has 0 saturated heterocycles. The van der Waals surface area contributed by atoms with Crippen LogP contribution in [-0.4, -0.2) is 28.6 Å². The molecule has 1 heterocycles. The number of anilines is 1. The van der Waals surface area contributed by atoms with Crippen LogP contribution in [0.4, 0.5) is 5.69 Å². The van der Waals surface area contributed by atoms with Crippen LogP contribution in [0.3, 0.4) is 0 Å². The molecule has 1 aromatic heterocycles. The molecule has 3 aromatic rings. The van der Waals surface area contributed by atoms with Crippen LogP contribution in [0.2, 0.25) is 0 Å². The Morgan fingerprint density at radius 1 is 1.25 bits per heavy atom. The highest BCUT2D eigenvalue weighted by Gasteiger charge is 2.14. The minimum absolute atomic E-state index is 0.190. The highest BCUT2D eigenvalue weighted by molar-refractivity contribution is 7.21. The monoisotopic (exact) mass is 342 g/mol. The number of hydrogen-bond donors (Lipinski definition) is 2. The van der Waals surface area contributed by atoms with Crippen LogP contribution in [0.25, 0.3) is 20.8 Å². The van der Waals surface area contributed by atoms with E-state index >= 15 is 0 Å². The first-order chi connectivity index (χ1) is 11.5. The summed E-state index contributed by atoms with van der Waals surface area (Å²) >= 11 is 1.48. The molecule has 0 bridgehead atoms. The first-order valence-corrected chi connectivity index (χ1v) is 7.97. The second-order valence-corrected chi connectivity index (χ2v) is 6.09. The molecule has 0 unspecified atom stereocenters. The summed E-state index contributed by atoms with van der Waals surface area (Å²) in [4.78, 5) is 26.6. The number of rotatable bonds is 5. The second kappa shape index (κ2) is 6.67. The van der Waals surface area contributed by atoms with E-state index in [9.17, 15) is 9.59 Å². The zero-order valence-electron chi connectivity index (χ0n) is 12.8. The molecular weight excluding hydrogens is 328 g/mol. The molecule has 3 rings (SSSR count). The average Bonchev–Trinajstić information content (AvgIpc) is 2.96. The zero-order chi connectivity index (χ0) is 17.1. The number of thiazole rings is 1. The van der Waals surface area contributed by atoms with Crippen molar-refractivity contribution in [2.75, 3.05) is 11.9 Å². The number of amides is 1. The number of aliphatic carboxylic acids is 1. The number of carboxylic acids is 1. The number of para-hydroxylation sites is 1. The smallest absolute Gasteiger partial charge is 0.341 e. The van der Waals surface area contributed by atoms with Crippen molar-refractivity contribution < 1.29 is 19.4 Å². The number of carbonyl (C=O) groups is 2. The normalized spacial score (nSPS) is 10.5. The van der Waals surface area contributed by atoms with Gasteiger partial charge < -0.3 is 15.2 Å². The summed E-state index contributed by atoms with van der Waals surface area (Å²) in [5.74, 6) is -0.841. The van der Waals surface area contributed by atoms with Crippen LogP contribution in [0.5, 0.6) is 5.75 Å². The molecule has 122 valence electrons. The Morgan fingerprint density at radius 3 is 2.75 bits per heavy atom. The van der Waals surface area contributed by atoms with Crippen molar-refractivity contribution in [2.24, 2.45) is 0 Å². The predicted molar refractivity (Wildman–Crippen MR) is 92.5 cm³/mol. The van der Waals surface area contributed by atoms with Crippen molar-refractivity contribution in [3.05, 3.63) is 42.5 Å². The van der Waals surface area contributed by atoms with Gasteiger partial charge in [0.2, 0.25) is 5.91 Å². The molecule has 24 heavy (non-hydrogen) atoms. The number of ether oxygens (including phenoxy) is 1. The number of carbonyl (C=O) groups excluding carboxylic acids is 1. The highest BCUT2D eigenvalue weighted by Crippen LogP contribution is 2.37. The van der Waals surface area contributed by atoms with Crippen molar-refractivity contribution in [3.63, 3.8) is 0 Å². The third-order valence-electron chi connectivity index (χ3n) is 3.18. The Hall–Kier alpha value is -2.93. The van der Waals surface area contributed by atoms with Crippen LogP contribution in [0.1, 0.15) is 6.92 Å². The summed E-state index contributed by atoms with van der Waals surface area (Å²) in [6, 6.07) is 12.7. The Kier molecular flexibility index (Phi) is 4.43. The number of aromatic nitrogens is 1. The van der Waals surface area contributed by atoms with E-state index in [1.165, 1.54) is 18.3 Å². The van der Waals surface area contributed by atoms with E-state index in [-0.39, 0.29) is 5.91 Å². The maximum absolute atomic E-state index is 11.3. The second-order valence-electron chi connectivity index (χ2n) is 5.06. The molecular formula is C17H14N2O4S. The van der Waals surface area contributed by atoms with E-state index in [4.69, 9.17) is 9.84 Å². The number of carboxylic acid groups (broad SMARTS) is 1. The summed E-state index contributed by atoms with van der Waals surface area (Å²) in [6.07, 6.45) is 0. The van der Waals surface area contributed by atoms with Crippen molar-refractivity contribution >= 4 is 39.1 Å². The molecule has 0 fully saturated rings. The molecule has 2 aromatic carbocycles. The Morgan fingerprint density at radius 2 is 2.04 bits per heavy atom. The van der Waals surface area contributed by atoms with Crippen LogP contribution in [-0.2, 0) is 9.59 Å². The van der Waals surface area contributed by atoms with Gasteiger partial charge in [-0.05, 0) is 30.3 Å². The summed E-state index contributed by atoms with van der Waals surface area (Å²) in [7, 11) is 0. The quantitative estimate of drug-likeness (QED) is 0.742. The Balaban J connectivity index is 2.06. The van der Waals surface area contributed by atoms with Crippen molar-refractivity contribution in [1.82, 2.24) is 4.98 Å². The standard InChI is InChI=1S/C17H14N2O4S/c1-10(20)18-11-6-7-14(23-9-16(21)22)12(8-11)17-19-13-4-2-3-5-15(13)24-17/h2-8H,9H2,1H3,(H,18,20)(H,21,22). The lowest BCUT2D eigenvalue weighted by Crippen LogP contribution is -2.10. The maximum atomic E-state index is 11.3.